The molecule has 1 aliphatic carbocycles. The first-order valence-electron chi connectivity index (χ1n) is 10.9. The van der Waals surface area contributed by atoms with Crippen LogP contribution in [0.5, 0.6) is 0 Å². The topological polar surface area (TPSA) is 74.3 Å². The maximum absolute atomic E-state index is 13.9. The maximum Gasteiger partial charge on any atom is 0.414 e. The van der Waals surface area contributed by atoms with Crippen molar-refractivity contribution >= 4 is 17.5 Å². The van der Waals surface area contributed by atoms with Crippen molar-refractivity contribution in [2.45, 2.75) is 50.4 Å². The Bertz CT molecular complexity index is 1050. The predicted octanol–water partition coefficient (Wildman–Crippen LogP) is 3.59. The van der Waals surface area contributed by atoms with Crippen LogP contribution in [0.25, 0.3) is 0 Å². The minimum absolute atomic E-state index is 0.0441. The maximum atomic E-state index is 13.9. The van der Waals surface area contributed by atoms with Crippen molar-refractivity contribution in [3.8, 4) is 0 Å². The molecule has 4 rings (SSSR count). The van der Waals surface area contributed by atoms with Gasteiger partial charge in [-0.2, -0.15) is 13.2 Å². The number of hydrogen-bond donors (Lipinski definition) is 2. The summed E-state index contributed by atoms with van der Waals surface area (Å²) >= 11 is 0. The molecule has 2 amide bonds. The molecule has 176 valence electrons. The average Bonchev–Trinajstić information content (AvgIpc) is 3.29. The molecule has 33 heavy (non-hydrogen) atoms. The quantitative estimate of drug-likeness (QED) is 0.715. The van der Waals surface area contributed by atoms with E-state index in [9.17, 15) is 22.8 Å². The Hall–Kier alpha value is -3.10. The Labute approximate surface area is 190 Å². The number of nitrogens with zero attached hydrogens (tertiary/aromatic N) is 2. The van der Waals surface area contributed by atoms with Gasteiger partial charge in [0.2, 0.25) is 11.8 Å². The molecular formula is C24H27F3N4O2. The molecular weight excluding hydrogens is 433 g/mol. The number of hydrogen-bond acceptors (Lipinski definition) is 4. The molecule has 1 aromatic carbocycles. The lowest BCUT2D eigenvalue weighted by atomic mass is 9.83. The Morgan fingerprint density at radius 3 is 2.52 bits per heavy atom. The van der Waals surface area contributed by atoms with Crippen LogP contribution in [-0.4, -0.2) is 47.5 Å². The van der Waals surface area contributed by atoms with Gasteiger partial charge in [-0.05, 0) is 29.7 Å². The van der Waals surface area contributed by atoms with Crippen LogP contribution in [0.3, 0.4) is 0 Å². The third-order valence-corrected chi connectivity index (χ3v) is 6.79. The molecule has 0 saturated carbocycles. The minimum Gasteiger partial charge on any atom is -0.380 e. The van der Waals surface area contributed by atoms with Crippen molar-refractivity contribution in [2.75, 3.05) is 18.9 Å². The molecule has 0 unspecified atom stereocenters. The standard InChI is InChI=1S/C24H27F3N4O2/c1-23(2)17-7-5-4-6-14(17)10-19(23)30-16-8-9-18(28-13-16)21(24(25,26)27)31(3)22(33)15-11-20(32)29-12-15/h4-9,13,15,19,21,30H,10-12H2,1-3H3,(H,29,32)/t15-,19-,21-/m0/s1. The SMILES string of the molecule is CN(C(=O)[C@@H]1CNC(=O)C1)[C@@H](c1ccc(N[C@H]2Cc3ccccc3C2(C)C)cn1)C(F)(F)F. The molecule has 6 nitrogen and oxygen atoms in total. The van der Waals surface area contributed by atoms with Gasteiger partial charge in [-0.3, -0.25) is 14.6 Å². The summed E-state index contributed by atoms with van der Waals surface area (Å²) in [6.07, 6.45) is -2.63. The Kier molecular flexibility index (Phi) is 5.84. The van der Waals surface area contributed by atoms with Crippen molar-refractivity contribution < 1.29 is 22.8 Å². The van der Waals surface area contributed by atoms with Crippen LogP contribution in [0, 0.1) is 5.92 Å². The smallest absolute Gasteiger partial charge is 0.380 e. The number of amides is 2. The predicted molar refractivity (Wildman–Crippen MR) is 118 cm³/mol. The van der Waals surface area contributed by atoms with Crippen molar-refractivity contribution in [3.05, 3.63) is 59.4 Å². The van der Waals surface area contributed by atoms with E-state index in [-0.39, 0.29) is 36.0 Å². The van der Waals surface area contributed by atoms with Gasteiger partial charge < -0.3 is 15.5 Å². The van der Waals surface area contributed by atoms with Crippen molar-refractivity contribution in [2.24, 2.45) is 5.92 Å². The lowest BCUT2D eigenvalue weighted by molar-refractivity contribution is -0.191. The van der Waals surface area contributed by atoms with Crippen LogP contribution in [0.1, 0.15) is 43.1 Å². The van der Waals surface area contributed by atoms with Gasteiger partial charge in [-0.1, -0.05) is 38.1 Å². The first-order chi connectivity index (χ1) is 15.5. The Balaban J connectivity index is 1.52. The zero-order valence-corrected chi connectivity index (χ0v) is 18.7. The first kappa shape index (κ1) is 23.1. The van der Waals surface area contributed by atoms with Crippen LogP contribution < -0.4 is 10.6 Å². The van der Waals surface area contributed by atoms with Crippen molar-refractivity contribution in [1.82, 2.24) is 15.2 Å². The number of carbonyl (C=O) groups is 2. The van der Waals surface area contributed by atoms with Gasteiger partial charge in [-0.25, -0.2) is 0 Å². The van der Waals surface area contributed by atoms with Crippen molar-refractivity contribution in [3.63, 3.8) is 0 Å². The highest BCUT2D eigenvalue weighted by Gasteiger charge is 2.48. The van der Waals surface area contributed by atoms with E-state index in [1.165, 1.54) is 23.4 Å². The summed E-state index contributed by atoms with van der Waals surface area (Å²) in [6, 6.07) is 8.95. The van der Waals surface area contributed by atoms with Gasteiger partial charge in [0, 0.05) is 31.5 Å². The third kappa shape index (κ3) is 4.41. The Morgan fingerprint density at radius 1 is 1.21 bits per heavy atom. The molecule has 1 aliphatic heterocycles. The number of carbonyl (C=O) groups excluding carboxylic acids is 2. The third-order valence-electron chi connectivity index (χ3n) is 6.79. The molecule has 2 aromatic rings. The average molecular weight is 461 g/mol. The summed E-state index contributed by atoms with van der Waals surface area (Å²) in [6.45, 7) is 4.32. The van der Waals surface area contributed by atoms with E-state index >= 15 is 0 Å². The van der Waals surface area contributed by atoms with Crippen LogP contribution in [0.4, 0.5) is 18.9 Å². The van der Waals surface area contributed by atoms with E-state index in [1.807, 2.05) is 12.1 Å². The Morgan fingerprint density at radius 2 is 1.94 bits per heavy atom. The number of alkyl halides is 3. The highest BCUT2D eigenvalue weighted by Crippen LogP contribution is 2.41. The molecule has 3 atom stereocenters. The minimum atomic E-state index is -4.71. The zero-order valence-electron chi connectivity index (χ0n) is 18.7. The molecule has 0 spiro atoms. The molecule has 2 aliphatic rings. The van der Waals surface area contributed by atoms with Gasteiger partial charge in [0.25, 0.3) is 0 Å². The van der Waals surface area contributed by atoms with E-state index in [4.69, 9.17) is 0 Å². The molecule has 2 N–H and O–H groups in total. The normalized spacial score (nSPS) is 22.4. The summed E-state index contributed by atoms with van der Waals surface area (Å²) in [5.74, 6) is -1.87. The number of pyridine rings is 1. The molecule has 1 fully saturated rings. The van der Waals surface area contributed by atoms with Crippen LogP contribution >= 0.6 is 0 Å². The number of rotatable bonds is 5. The fourth-order valence-corrected chi connectivity index (χ4v) is 4.86. The highest BCUT2D eigenvalue weighted by atomic mass is 19.4. The van der Waals surface area contributed by atoms with Crippen LogP contribution in [0.2, 0.25) is 0 Å². The van der Waals surface area contributed by atoms with E-state index in [2.05, 4.69) is 41.6 Å². The number of aromatic nitrogens is 1. The van der Waals surface area contributed by atoms with E-state index in [0.29, 0.717) is 10.6 Å². The number of anilines is 1. The largest absolute Gasteiger partial charge is 0.414 e. The van der Waals surface area contributed by atoms with Gasteiger partial charge >= 0.3 is 6.18 Å². The highest BCUT2D eigenvalue weighted by molar-refractivity contribution is 5.89. The van der Waals surface area contributed by atoms with Crippen LogP contribution in [0.15, 0.2) is 42.6 Å². The van der Waals surface area contributed by atoms with Crippen molar-refractivity contribution in [1.29, 1.82) is 0 Å². The van der Waals surface area contributed by atoms with E-state index in [1.54, 1.807) is 6.07 Å². The fraction of sp³-hybridized carbons (Fsp3) is 0.458. The van der Waals surface area contributed by atoms with Gasteiger partial charge in [0.05, 0.1) is 23.5 Å². The summed E-state index contributed by atoms with van der Waals surface area (Å²) in [7, 11) is 1.11. The monoisotopic (exact) mass is 460 g/mol. The molecule has 0 radical (unpaired) electrons. The summed E-state index contributed by atoms with van der Waals surface area (Å²) in [4.78, 5) is 28.7. The van der Waals surface area contributed by atoms with E-state index in [0.717, 1.165) is 13.5 Å². The first-order valence-corrected chi connectivity index (χ1v) is 10.9. The second-order valence-electron chi connectivity index (χ2n) is 9.35. The molecule has 1 aromatic heterocycles. The van der Waals surface area contributed by atoms with Gasteiger partial charge in [0.1, 0.15) is 0 Å². The second-order valence-corrected chi connectivity index (χ2v) is 9.35. The summed E-state index contributed by atoms with van der Waals surface area (Å²) in [5.41, 5.74) is 2.70. The van der Waals surface area contributed by atoms with Crippen LogP contribution in [-0.2, 0) is 21.4 Å². The lowest BCUT2D eigenvalue weighted by Crippen LogP contribution is -2.43. The number of fused-ring (bicyclic) bond motifs is 1. The number of benzene rings is 1. The van der Waals surface area contributed by atoms with Gasteiger partial charge in [0.15, 0.2) is 6.04 Å². The molecule has 0 bridgehead atoms. The molecule has 2 heterocycles. The van der Waals surface area contributed by atoms with E-state index < -0.39 is 24.0 Å². The fourth-order valence-electron chi connectivity index (χ4n) is 4.86. The van der Waals surface area contributed by atoms with Gasteiger partial charge in [-0.15, -0.1) is 0 Å². The summed E-state index contributed by atoms with van der Waals surface area (Å²) in [5, 5.41) is 5.90. The molecule has 9 heteroatoms. The number of nitrogens with one attached hydrogen (secondary N) is 2. The zero-order chi connectivity index (χ0) is 24.0. The number of halogens is 3. The summed E-state index contributed by atoms with van der Waals surface area (Å²) < 4.78 is 41.8. The second kappa shape index (κ2) is 8.35. The molecule has 1 saturated heterocycles. The lowest BCUT2D eigenvalue weighted by Gasteiger charge is -2.32.